The van der Waals surface area contributed by atoms with Crippen molar-refractivity contribution in [1.29, 1.82) is 0 Å². The van der Waals surface area contributed by atoms with Crippen molar-refractivity contribution in [2.45, 2.75) is 78.6 Å². The van der Waals surface area contributed by atoms with Crippen LogP contribution in [0.15, 0.2) is 18.3 Å². The summed E-state index contributed by atoms with van der Waals surface area (Å²) in [6, 6.07) is 3.66. The lowest BCUT2D eigenvalue weighted by Crippen LogP contribution is -2.37. The number of rotatable bonds is 3. The number of nitrogens with zero attached hydrogens (tertiary/aromatic N) is 3. The van der Waals surface area contributed by atoms with Crippen LogP contribution in [0.5, 0.6) is 0 Å². The monoisotopic (exact) mass is 391 g/mol. The van der Waals surface area contributed by atoms with Crippen LogP contribution in [0.2, 0.25) is 0 Å². The van der Waals surface area contributed by atoms with Gasteiger partial charge in [0.25, 0.3) is 0 Å². The molecule has 1 saturated heterocycles. The number of pyridine rings is 1. The summed E-state index contributed by atoms with van der Waals surface area (Å²) >= 11 is 0. The van der Waals surface area contributed by atoms with Crippen molar-refractivity contribution in [2.24, 2.45) is 0 Å². The van der Waals surface area contributed by atoms with E-state index >= 15 is 0 Å². The minimum atomic E-state index is -0.567. The summed E-state index contributed by atoms with van der Waals surface area (Å²) in [7, 11) is 0. The number of ether oxygens (including phenoxy) is 2. The molecule has 28 heavy (non-hydrogen) atoms. The van der Waals surface area contributed by atoms with Gasteiger partial charge in [0.05, 0.1) is 6.04 Å². The maximum Gasteiger partial charge on any atom is 0.415 e. The molecular formula is C21H33N3O4. The van der Waals surface area contributed by atoms with Crippen LogP contribution in [-0.2, 0) is 9.47 Å². The standard InChI is InChI=1S/C21H33N3O4/c1-8-23(18(25)27-20(2,3)4)17-12-11-15(14-22-17)16-10-9-13-24(16)19(26)28-21(5,6)7/h11-12,14,16H,8-10,13H2,1-7H3/t16-/m1/s1. The Kier molecular flexibility index (Phi) is 6.57. The largest absolute Gasteiger partial charge is 0.444 e. The molecule has 2 amide bonds. The Morgan fingerprint density at radius 3 is 2.29 bits per heavy atom. The zero-order chi connectivity index (χ0) is 21.1. The molecule has 0 spiro atoms. The Bertz CT molecular complexity index is 689. The highest BCUT2D eigenvalue weighted by molar-refractivity contribution is 5.86. The summed E-state index contributed by atoms with van der Waals surface area (Å²) in [5.41, 5.74) is -0.156. The molecule has 0 radical (unpaired) electrons. The summed E-state index contributed by atoms with van der Waals surface area (Å²) in [6.07, 6.45) is 2.79. The maximum atomic E-state index is 12.5. The van der Waals surface area contributed by atoms with Crippen LogP contribution in [0.1, 0.15) is 72.9 Å². The van der Waals surface area contributed by atoms with Crippen LogP contribution in [0.4, 0.5) is 15.4 Å². The number of hydrogen-bond donors (Lipinski definition) is 0. The highest BCUT2D eigenvalue weighted by Crippen LogP contribution is 2.33. The second kappa shape index (κ2) is 8.37. The lowest BCUT2D eigenvalue weighted by atomic mass is 10.1. The van der Waals surface area contributed by atoms with Crippen LogP contribution in [0, 0.1) is 0 Å². The van der Waals surface area contributed by atoms with Gasteiger partial charge in [-0.1, -0.05) is 6.07 Å². The summed E-state index contributed by atoms with van der Waals surface area (Å²) in [4.78, 5) is 32.6. The second-order valence-electron chi connectivity index (χ2n) is 9.01. The molecule has 156 valence electrons. The predicted octanol–water partition coefficient (Wildman–Crippen LogP) is 4.92. The highest BCUT2D eigenvalue weighted by Gasteiger charge is 2.33. The van der Waals surface area contributed by atoms with Crippen LogP contribution < -0.4 is 4.90 Å². The van der Waals surface area contributed by atoms with Crippen molar-refractivity contribution < 1.29 is 19.1 Å². The molecule has 0 saturated carbocycles. The van der Waals surface area contributed by atoms with E-state index < -0.39 is 17.3 Å². The van der Waals surface area contributed by atoms with E-state index in [1.54, 1.807) is 17.2 Å². The van der Waals surface area contributed by atoms with E-state index in [1.807, 2.05) is 54.5 Å². The Labute approximate surface area is 168 Å². The van der Waals surface area contributed by atoms with Crippen molar-refractivity contribution in [3.05, 3.63) is 23.9 Å². The molecule has 1 aromatic rings. The normalized spacial score (nSPS) is 17.4. The molecular weight excluding hydrogens is 358 g/mol. The van der Waals surface area contributed by atoms with E-state index in [-0.39, 0.29) is 12.1 Å². The molecule has 1 aliphatic heterocycles. The lowest BCUT2D eigenvalue weighted by molar-refractivity contribution is 0.0224. The van der Waals surface area contributed by atoms with Crippen molar-refractivity contribution in [2.75, 3.05) is 18.0 Å². The predicted molar refractivity (Wildman–Crippen MR) is 108 cm³/mol. The summed E-state index contributed by atoms with van der Waals surface area (Å²) in [5, 5.41) is 0. The van der Waals surface area contributed by atoms with E-state index in [9.17, 15) is 9.59 Å². The van der Waals surface area contributed by atoms with Crippen LogP contribution in [0.25, 0.3) is 0 Å². The number of carbonyl (C=O) groups excluding carboxylic acids is 2. The van der Waals surface area contributed by atoms with Gasteiger partial charge in [0.2, 0.25) is 0 Å². The van der Waals surface area contributed by atoms with Crippen LogP contribution in [0.3, 0.4) is 0 Å². The summed E-state index contributed by atoms with van der Waals surface area (Å²) in [5.74, 6) is 0.530. The zero-order valence-corrected chi connectivity index (χ0v) is 18.1. The third-order valence-electron chi connectivity index (χ3n) is 4.24. The molecule has 7 heteroatoms. The van der Waals surface area contributed by atoms with Gasteiger partial charge in [0.1, 0.15) is 17.0 Å². The maximum absolute atomic E-state index is 12.5. The average molecular weight is 392 g/mol. The summed E-state index contributed by atoms with van der Waals surface area (Å²) < 4.78 is 11.0. The first-order valence-corrected chi connectivity index (χ1v) is 9.87. The molecule has 2 rings (SSSR count). The van der Waals surface area contributed by atoms with Gasteiger partial charge in [-0.2, -0.15) is 0 Å². The number of amides is 2. The third-order valence-corrected chi connectivity index (χ3v) is 4.24. The first-order chi connectivity index (χ1) is 12.9. The molecule has 0 aliphatic carbocycles. The van der Waals surface area contributed by atoms with Gasteiger partial charge < -0.3 is 14.4 Å². The van der Waals surface area contributed by atoms with Gasteiger partial charge in [-0.3, -0.25) is 4.90 Å². The van der Waals surface area contributed by atoms with Gasteiger partial charge in [-0.05, 0) is 72.9 Å². The fourth-order valence-electron chi connectivity index (χ4n) is 3.11. The quantitative estimate of drug-likeness (QED) is 0.732. The molecule has 7 nitrogen and oxygen atoms in total. The SMILES string of the molecule is CCN(C(=O)OC(C)(C)C)c1ccc([C@H]2CCCN2C(=O)OC(C)(C)C)cn1. The Hall–Kier alpha value is -2.31. The lowest BCUT2D eigenvalue weighted by Gasteiger charge is -2.29. The third kappa shape index (κ3) is 5.84. The average Bonchev–Trinajstić information content (AvgIpc) is 3.02. The van der Waals surface area contributed by atoms with E-state index in [4.69, 9.17) is 9.47 Å². The smallest absolute Gasteiger partial charge is 0.415 e. The van der Waals surface area contributed by atoms with E-state index in [2.05, 4.69) is 4.98 Å². The minimum Gasteiger partial charge on any atom is -0.444 e. The van der Waals surface area contributed by atoms with Crippen molar-refractivity contribution in [1.82, 2.24) is 9.88 Å². The Morgan fingerprint density at radius 2 is 1.79 bits per heavy atom. The molecule has 0 unspecified atom stereocenters. The molecule has 0 aromatic carbocycles. The fraction of sp³-hybridized carbons (Fsp3) is 0.667. The highest BCUT2D eigenvalue weighted by atomic mass is 16.6. The number of hydrogen-bond acceptors (Lipinski definition) is 5. The number of aromatic nitrogens is 1. The summed E-state index contributed by atoms with van der Waals surface area (Å²) in [6.45, 7) is 14.1. The topological polar surface area (TPSA) is 72.0 Å². The molecule has 0 bridgehead atoms. The fourth-order valence-corrected chi connectivity index (χ4v) is 3.11. The number of carbonyl (C=O) groups is 2. The van der Waals surface area contributed by atoms with Crippen molar-refractivity contribution in [3.8, 4) is 0 Å². The molecule has 1 atom stereocenters. The minimum absolute atomic E-state index is 0.0620. The van der Waals surface area contributed by atoms with Gasteiger partial charge in [0, 0.05) is 19.3 Å². The van der Waals surface area contributed by atoms with E-state index in [0.717, 1.165) is 18.4 Å². The first-order valence-electron chi connectivity index (χ1n) is 9.87. The van der Waals surface area contributed by atoms with Gasteiger partial charge in [-0.25, -0.2) is 14.6 Å². The van der Waals surface area contributed by atoms with Crippen molar-refractivity contribution >= 4 is 18.0 Å². The van der Waals surface area contributed by atoms with Crippen LogP contribution in [-0.4, -0.2) is 46.4 Å². The van der Waals surface area contributed by atoms with Crippen molar-refractivity contribution in [3.63, 3.8) is 0 Å². The van der Waals surface area contributed by atoms with E-state index in [0.29, 0.717) is 18.9 Å². The van der Waals surface area contributed by atoms with Gasteiger partial charge in [-0.15, -0.1) is 0 Å². The Balaban J connectivity index is 2.14. The molecule has 0 N–H and O–H groups in total. The molecule has 2 heterocycles. The number of likely N-dealkylation sites (tertiary alicyclic amines) is 1. The van der Waals surface area contributed by atoms with E-state index in [1.165, 1.54) is 4.90 Å². The van der Waals surface area contributed by atoms with Crippen LogP contribution >= 0.6 is 0 Å². The molecule has 1 aliphatic rings. The molecule has 1 fully saturated rings. The molecule has 1 aromatic heterocycles. The zero-order valence-electron chi connectivity index (χ0n) is 18.1. The number of anilines is 1. The second-order valence-corrected chi connectivity index (χ2v) is 9.01. The van der Waals surface area contributed by atoms with Gasteiger partial charge in [0.15, 0.2) is 0 Å². The van der Waals surface area contributed by atoms with Gasteiger partial charge >= 0.3 is 12.2 Å². The Morgan fingerprint density at radius 1 is 1.14 bits per heavy atom. The first kappa shape index (κ1) is 22.0.